The Morgan fingerprint density at radius 3 is 2.62 bits per heavy atom. The third-order valence-electron chi connectivity index (χ3n) is 3.79. The molecule has 0 atom stereocenters. The van der Waals surface area contributed by atoms with Crippen LogP contribution in [0.1, 0.15) is 50.7 Å². The van der Waals surface area contributed by atoms with Gasteiger partial charge in [-0.05, 0) is 19.8 Å². The standard InChI is InChI=1S/C16H23N3O5/c1-11-9-13(19-24-11)18-15(21)10-23-16(22)8-7-14(20)17-12-5-3-2-4-6-12/h9,12H,2-8,10H2,1H3,(H,17,20)(H,18,19,21). The number of carbonyl (C=O) groups excluding carboxylic acids is 3. The average Bonchev–Trinajstić information content (AvgIpc) is 2.97. The molecule has 0 aliphatic heterocycles. The molecular weight excluding hydrogens is 314 g/mol. The van der Waals surface area contributed by atoms with Gasteiger partial charge in [0.1, 0.15) is 5.76 Å². The van der Waals surface area contributed by atoms with Gasteiger partial charge in [0.2, 0.25) is 5.91 Å². The fraction of sp³-hybridized carbons (Fsp3) is 0.625. The lowest BCUT2D eigenvalue weighted by atomic mass is 9.95. The van der Waals surface area contributed by atoms with Crippen molar-refractivity contribution in [3.05, 3.63) is 11.8 Å². The van der Waals surface area contributed by atoms with Gasteiger partial charge in [-0.25, -0.2) is 0 Å². The quantitative estimate of drug-likeness (QED) is 0.733. The van der Waals surface area contributed by atoms with Crippen LogP contribution >= 0.6 is 0 Å². The highest BCUT2D eigenvalue weighted by atomic mass is 16.5. The van der Waals surface area contributed by atoms with Crippen LogP contribution in [0.15, 0.2) is 10.6 Å². The van der Waals surface area contributed by atoms with Gasteiger partial charge in [0.05, 0.1) is 6.42 Å². The van der Waals surface area contributed by atoms with E-state index >= 15 is 0 Å². The highest BCUT2D eigenvalue weighted by Gasteiger charge is 2.17. The fourth-order valence-corrected chi connectivity index (χ4v) is 2.58. The molecule has 0 unspecified atom stereocenters. The second kappa shape index (κ2) is 9.05. The number of ether oxygens (including phenoxy) is 1. The summed E-state index contributed by atoms with van der Waals surface area (Å²) in [7, 11) is 0. The molecule has 2 N–H and O–H groups in total. The molecule has 132 valence electrons. The molecular formula is C16H23N3O5. The maximum Gasteiger partial charge on any atom is 0.306 e. The largest absolute Gasteiger partial charge is 0.456 e. The molecule has 1 saturated carbocycles. The highest BCUT2D eigenvalue weighted by Crippen LogP contribution is 2.17. The van der Waals surface area contributed by atoms with Crippen LogP contribution in [0.4, 0.5) is 5.82 Å². The lowest BCUT2D eigenvalue weighted by Gasteiger charge is -2.22. The summed E-state index contributed by atoms with van der Waals surface area (Å²) in [5.41, 5.74) is 0. The van der Waals surface area contributed by atoms with Gasteiger partial charge in [-0.3, -0.25) is 14.4 Å². The van der Waals surface area contributed by atoms with Crippen molar-refractivity contribution in [3.8, 4) is 0 Å². The van der Waals surface area contributed by atoms with Crippen LogP contribution in [0, 0.1) is 6.92 Å². The Morgan fingerprint density at radius 1 is 1.21 bits per heavy atom. The van der Waals surface area contributed by atoms with Crippen molar-refractivity contribution >= 4 is 23.6 Å². The zero-order valence-corrected chi connectivity index (χ0v) is 13.8. The Morgan fingerprint density at radius 2 is 1.96 bits per heavy atom. The minimum Gasteiger partial charge on any atom is -0.456 e. The van der Waals surface area contributed by atoms with Gasteiger partial charge in [-0.15, -0.1) is 0 Å². The SMILES string of the molecule is Cc1cc(NC(=O)COC(=O)CCC(=O)NC2CCCCC2)no1. The normalized spacial score (nSPS) is 14.9. The number of nitrogens with zero attached hydrogens (tertiary/aromatic N) is 1. The summed E-state index contributed by atoms with van der Waals surface area (Å²) < 4.78 is 9.64. The second-order valence-electron chi connectivity index (χ2n) is 5.93. The number of amides is 2. The zero-order chi connectivity index (χ0) is 17.4. The molecule has 1 aliphatic rings. The number of carbonyl (C=O) groups is 3. The number of rotatable bonds is 7. The Labute approximate surface area is 140 Å². The van der Waals surface area contributed by atoms with E-state index in [0.717, 1.165) is 25.7 Å². The Bertz CT molecular complexity index is 578. The molecule has 0 bridgehead atoms. The molecule has 0 saturated heterocycles. The van der Waals surface area contributed by atoms with Crippen molar-refractivity contribution < 1.29 is 23.6 Å². The maximum absolute atomic E-state index is 11.8. The predicted molar refractivity (Wildman–Crippen MR) is 85.1 cm³/mol. The fourth-order valence-electron chi connectivity index (χ4n) is 2.58. The van der Waals surface area contributed by atoms with Crippen molar-refractivity contribution in [2.24, 2.45) is 0 Å². The van der Waals surface area contributed by atoms with Gasteiger partial charge in [0.15, 0.2) is 12.4 Å². The predicted octanol–water partition coefficient (Wildman–Crippen LogP) is 1.69. The molecule has 8 nitrogen and oxygen atoms in total. The number of hydrogen-bond acceptors (Lipinski definition) is 6. The van der Waals surface area contributed by atoms with E-state index in [0.29, 0.717) is 5.76 Å². The summed E-state index contributed by atoms with van der Waals surface area (Å²) in [4.78, 5) is 34.9. The smallest absolute Gasteiger partial charge is 0.306 e. The Kier molecular flexibility index (Phi) is 6.77. The maximum atomic E-state index is 11.8. The summed E-state index contributed by atoms with van der Waals surface area (Å²) in [5.74, 6) is -0.420. The molecule has 0 spiro atoms. The Balaban J connectivity index is 1.58. The first kappa shape index (κ1) is 18.0. The molecule has 1 aromatic rings. The summed E-state index contributed by atoms with van der Waals surface area (Å²) in [6.07, 6.45) is 5.50. The molecule has 1 fully saturated rings. The first-order valence-electron chi connectivity index (χ1n) is 8.21. The molecule has 1 aromatic heterocycles. The van der Waals surface area contributed by atoms with Crippen LogP contribution in [0.3, 0.4) is 0 Å². The van der Waals surface area contributed by atoms with Crippen LogP contribution in [-0.2, 0) is 19.1 Å². The van der Waals surface area contributed by atoms with Gasteiger partial charge in [-0.1, -0.05) is 24.4 Å². The number of anilines is 1. The topological polar surface area (TPSA) is 111 Å². The molecule has 1 aliphatic carbocycles. The molecule has 24 heavy (non-hydrogen) atoms. The van der Waals surface area contributed by atoms with Gasteiger partial charge < -0.3 is 19.9 Å². The minimum absolute atomic E-state index is 0.0467. The van der Waals surface area contributed by atoms with Gasteiger partial charge in [0, 0.05) is 18.5 Å². The van der Waals surface area contributed by atoms with Gasteiger partial charge in [-0.2, -0.15) is 0 Å². The van der Waals surface area contributed by atoms with E-state index in [9.17, 15) is 14.4 Å². The molecule has 1 heterocycles. The molecule has 0 radical (unpaired) electrons. The number of aryl methyl sites for hydroxylation is 1. The van der Waals surface area contributed by atoms with Crippen molar-refractivity contribution in [1.29, 1.82) is 0 Å². The third kappa shape index (κ3) is 6.39. The lowest BCUT2D eigenvalue weighted by molar-refractivity contribution is -0.148. The highest BCUT2D eigenvalue weighted by molar-refractivity contribution is 5.92. The van der Waals surface area contributed by atoms with E-state index in [4.69, 9.17) is 9.26 Å². The minimum atomic E-state index is -0.583. The average molecular weight is 337 g/mol. The van der Waals surface area contributed by atoms with Crippen LogP contribution in [0.2, 0.25) is 0 Å². The molecule has 2 rings (SSSR count). The van der Waals surface area contributed by atoms with Crippen LogP contribution in [0.25, 0.3) is 0 Å². The first-order chi connectivity index (χ1) is 11.5. The van der Waals surface area contributed by atoms with Gasteiger partial charge >= 0.3 is 5.97 Å². The van der Waals surface area contributed by atoms with Crippen LogP contribution in [0.5, 0.6) is 0 Å². The van der Waals surface area contributed by atoms with Crippen LogP contribution < -0.4 is 10.6 Å². The van der Waals surface area contributed by atoms with Crippen molar-refractivity contribution in [1.82, 2.24) is 10.5 Å². The Hall–Kier alpha value is -2.38. The summed E-state index contributed by atoms with van der Waals surface area (Å²) in [5, 5.41) is 8.96. The monoisotopic (exact) mass is 337 g/mol. The number of esters is 1. The third-order valence-corrected chi connectivity index (χ3v) is 3.79. The van der Waals surface area contributed by atoms with Crippen LogP contribution in [-0.4, -0.2) is 35.6 Å². The molecule has 8 heteroatoms. The van der Waals surface area contributed by atoms with E-state index in [1.54, 1.807) is 13.0 Å². The number of nitrogens with one attached hydrogen (secondary N) is 2. The van der Waals surface area contributed by atoms with E-state index in [1.807, 2.05) is 0 Å². The summed E-state index contributed by atoms with van der Waals surface area (Å²) in [6.45, 7) is 1.27. The van der Waals surface area contributed by atoms with Crippen molar-refractivity contribution in [3.63, 3.8) is 0 Å². The number of aromatic nitrogens is 1. The van der Waals surface area contributed by atoms with E-state index in [1.165, 1.54) is 6.42 Å². The number of hydrogen-bond donors (Lipinski definition) is 2. The van der Waals surface area contributed by atoms with Gasteiger partial charge in [0.25, 0.3) is 5.91 Å². The summed E-state index contributed by atoms with van der Waals surface area (Å²) >= 11 is 0. The van der Waals surface area contributed by atoms with E-state index in [2.05, 4.69) is 15.8 Å². The van der Waals surface area contributed by atoms with Crippen molar-refractivity contribution in [2.75, 3.05) is 11.9 Å². The van der Waals surface area contributed by atoms with E-state index in [-0.39, 0.29) is 30.6 Å². The second-order valence-corrected chi connectivity index (χ2v) is 5.93. The zero-order valence-electron chi connectivity index (χ0n) is 13.8. The summed E-state index contributed by atoms with van der Waals surface area (Å²) in [6, 6.07) is 1.77. The molecule has 2 amide bonds. The lowest BCUT2D eigenvalue weighted by Crippen LogP contribution is -2.36. The first-order valence-corrected chi connectivity index (χ1v) is 8.21. The van der Waals surface area contributed by atoms with Crippen molar-refractivity contribution in [2.45, 2.75) is 57.9 Å². The van der Waals surface area contributed by atoms with E-state index < -0.39 is 18.5 Å². The molecule has 0 aromatic carbocycles.